The fourth-order valence-corrected chi connectivity index (χ4v) is 3.40. The standard InChI is InChI=1S/C19H29N5O3/c1-15-9-21-23(11-15)13-19(25)22-6-4-5-17(12-22)27-14-18-20-10-16(2)24(18)7-8-26-3/h9-11,17H,4-8,12-14H2,1-3H3. The highest BCUT2D eigenvalue weighted by atomic mass is 16.5. The van der Waals surface area contributed by atoms with Crippen LogP contribution in [0.25, 0.3) is 0 Å². The van der Waals surface area contributed by atoms with Gasteiger partial charge in [0, 0.05) is 44.8 Å². The molecule has 1 amide bonds. The molecule has 0 saturated carbocycles. The molecular formula is C19H29N5O3. The van der Waals surface area contributed by atoms with Gasteiger partial charge in [-0.2, -0.15) is 5.10 Å². The van der Waals surface area contributed by atoms with E-state index in [1.165, 1.54) is 0 Å². The summed E-state index contributed by atoms with van der Waals surface area (Å²) >= 11 is 0. The number of methoxy groups -OCH3 is 1. The number of likely N-dealkylation sites (tertiary alicyclic amines) is 1. The van der Waals surface area contributed by atoms with Crippen LogP contribution < -0.4 is 0 Å². The average molecular weight is 375 g/mol. The Kier molecular flexibility index (Phi) is 6.63. The second-order valence-electron chi connectivity index (χ2n) is 7.09. The number of nitrogens with zero attached hydrogens (tertiary/aromatic N) is 5. The summed E-state index contributed by atoms with van der Waals surface area (Å²) in [5.41, 5.74) is 2.16. The summed E-state index contributed by atoms with van der Waals surface area (Å²) in [4.78, 5) is 18.9. The first-order valence-corrected chi connectivity index (χ1v) is 9.45. The summed E-state index contributed by atoms with van der Waals surface area (Å²) in [5, 5.41) is 4.20. The van der Waals surface area contributed by atoms with Crippen LogP contribution in [-0.2, 0) is 34.0 Å². The SMILES string of the molecule is COCCn1c(C)cnc1COC1CCCN(C(=O)Cn2cc(C)cn2)C1. The first-order valence-electron chi connectivity index (χ1n) is 9.45. The second-order valence-corrected chi connectivity index (χ2v) is 7.09. The normalized spacial score (nSPS) is 17.4. The van der Waals surface area contributed by atoms with Crippen molar-refractivity contribution in [1.82, 2.24) is 24.2 Å². The Morgan fingerprint density at radius 3 is 2.93 bits per heavy atom. The topological polar surface area (TPSA) is 74.4 Å². The van der Waals surface area contributed by atoms with E-state index < -0.39 is 0 Å². The molecule has 1 saturated heterocycles. The Bertz CT molecular complexity index is 754. The monoisotopic (exact) mass is 375 g/mol. The minimum atomic E-state index is 0.0370. The predicted octanol–water partition coefficient (Wildman–Crippen LogP) is 1.55. The molecule has 0 aliphatic carbocycles. The molecule has 1 fully saturated rings. The molecule has 1 unspecified atom stereocenters. The van der Waals surface area contributed by atoms with Gasteiger partial charge >= 0.3 is 0 Å². The maximum atomic E-state index is 12.6. The predicted molar refractivity (Wildman–Crippen MR) is 100 cm³/mol. The van der Waals surface area contributed by atoms with Crippen molar-refractivity contribution in [1.29, 1.82) is 0 Å². The lowest BCUT2D eigenvalue weighted by Gasteiger charge is -2.32. The van der Waals surface area contributed by atoms with Crippen LogP contribution in [0.15, 0.2) is 18.6 Å². The van der Waals surface area contributed by atoms with Crippen molar-refractivity contribution in [3.05, 3.63) is 35.7 Å². The summed E-state index contributed by atoms with van der Waals surface area (Å²) in [7, 11) is 1.70. The highest BCUT2D eigenvalue weighted by molar-refractivity contribution is 5.76. The summed E-state index contributed by atoms with van der Waals surface area (Å²) in [6, 6.07) is 0. The third-order valence-corrected chi connectivity index (χ3v) is 4.90. The summed E-state index contributed by atoms with van der Waals surface area (Å²) < 4.78 is 15.1. The molecule has 0 bridgehead atoms. The maximum absolute atomic E-state index is 12.6. The number of imidazole rings is 1. The zero-order chi connectivity index (χ0) is 19.2. The highest BCUT2D eigenvalue weighted by Gasteiger charge is 2.25. The van der Waals surface area contributed by atoms with Gasteiger partial charge in [0.05, 0.1) is 18.9 Å². The molecule has 2 aromatic heterocycles. The number of aryl methyl sites for hydroxylation is 2. The Morgan fingerprint density at radius 2 is 2.19 bits per heavy atom. The summed E-state index contributed by atoms with van der Waals surface area (Å²) in [5.74, 6) is 0.990. The van der Waals surface area contributed by atoms with Gasteiger partial charge in [-0.25, -0.2) is 4.98 Å². The molecule has 3 rings (SSSR count). The van der Waals surface area contributed by atoms with Crippen molar-refractivity contribution in [2.24, 2.45) is 0 Å². The van der Waals surface area contributed by atoms with E-state index in [4.69, 9.17) is 9.47 Å². The van der Waals surface area contributed by atoms with Gasteiger partial charge in [0.25, 0.3) is 0 Å². The molecule has 3 heterocycles. The number of amides is 1. The largest absolute Gasteiger partial charge is 0.383 e. The van der Waals surface area contributed by atoms with Crippen molar-refractivity contribution in [2.75, 3.05) is 26.8 Å². The van der Waals surface area contributed by atoms with Crippen LogP contribution in [0.5, 0.6) is 0 Å². The fourth-order valence-electron chi connectivity index (χ4n) is 3.40. The molecule has 8 nitrogen and oxygen atoms in total. The third kappa shape index (κ3) is 5.17. The van der Waals surface area contributed by atoms with Crippen molar-refractivity contribution >= 4 is 5.91 Å². The molecule has 8 heteroatoms. The number of hydrogen-bond acceptors (Lipinski definition) is 5. The minimum absolute atomic E-state index is 0.0370. The Labute approximate surface area is 160 Å². The molecule has 0 aromatic carbocycles. The van der Waals surface area contributed by atoms with Crippen LogP contribution in [0, 0.1) is 13.8 Å². The Balaban J connectivity index is 1.52. The zero-order valence-corrected chi connectivity index (χ0v) is 16.4. The third-order valence-electron chi connectivity index (χ3n) is 4.90. The van der Waals surface area contributed by atoms with Crippen LogP contribution in [0.3, 0.4) is 0 Å². The smallest absolute Gasteiger partial charge is 0.244 e. The van der Waals surface area contributed by atoms with Crippen LogP contribution in [0.2, 0.25) is 0 Å². The minimum Gasteiger partial charge on any atom is -0.383 e. The molecule has 1 atom stereocenters. The second kappa shape index (κ2) is 9.14. The van der Waals surface area contributed by atoms with Gasteiger partial charge in [0.15, 0.2) is 0 Å². The molecule has 148 valence electrons. The lowest BCUT2D eigenvalue weighted by atomic mass is 10.1. The highest BCUT2D eigenvalue weighted by Crippen LogP contribution is 2.16. The van der Waals surface area contributed by atoms with Gasteiger partial charge in [-0.1, -0.05) is 0 Å². The molecule has 1 aliphatic rings. The van der Waals surface area contributed by atoms with Crippen molar-refractivity contribution in [2.45, 2.75) is 52.5 Å². The molecule has 0 spiro atoms. The van der Waals surface area contributed by atoms with E-state index in [1.807, 2.05) is 31.1 Å². The number of hydrogen-bond donors (Lipinski definition) is 0. The van der Waals surface area contributed by atoms with Crippen molar-refractivity contribution in [3.63, 3.8) is 0 Å². The van der Waals surface area contributed by atoms with E-state index in [2.05, 4.69) is 14.6 Å². The van der Waals surface area contributed by atoms with E-state index in [9.17, 15) is 4.79 Å². The van der Waals surface area contributed by atoms with Crippen molar-refractivity contribution in [3.8, 4) is 0 Å². The first-order chi connectivity index (χ1) is 13.1. The van der Waals surface area contributed by atoms with E-state index in [0.717, 1.165) is 43.0 Å². The lowest BCUT2D eigenvalue weighted by Crippen LogP contribution is -2.44. The zero-order valence-electron chi connectivity index (χ0n) is 16.4. The number of aromatic nitrogens is 4. The quantitative estimate of drug-likeness (QED) is 0.700. The van der Waals surface area contributed by atoms with Gasteiger partial charge in [0.2, 0.25) is 5.91 Å². The van der Waals surface area contributed by atoms with Gasteiger partial charge in [-0.15, -0.1) is 0 Å². The number of carbonyl (C=O) groups is 1. The molecule has 0 N–H and O–H groups in total. The van der Waals surface area contributed by atoms with Crippen molar-refractivity contribution < 1.29 is 14.3 Å². The van der Waals surface area contributed by atoms with Gasteiger partial charge in [-0.3, -0.25) is 9.48 Å². The van der Waals surface area contributed by atoms with Crippen LogP contribution in [0.1, 0.15) is 29.9 Å². The van der Waals surface area contributed by atoms with Gasteiger partial charge in [0.1, 0.15) is 19.0 Å². The van der Waals surface area contributed by atoms with E-state index in [0.29, 0.717) is 19.8 Å². The molecule has 27 heavy (non-hydrogen) atoms. The number of ether oxygens (including phenoxy) is 2. The van der Waals surface area contributed by atoms with E-state index >= 15 is 0 Å². The van der Waals surface area contributed by atoms with E-state index in [1.54, 1.807) is 18.0 Å². The summed E-state index contributed by atoms with van der Waals surface area (Å²) in [6.07, 6.45) is 7.46. The molecule has 0 radical (unpaired) electrons. The van der Waals surface area contributed by atoms with E-state index in [-0.39, 0.29) is 18.6 Å². The Morgan fingerprint density at radius 1 is 1.33 bits per heavy atom. The molecule has 1 aliphatic heterocycles. The fraction of sp³-hybridized carbons (Fsp3) is 0.632. The average Bonchev–Trinajstić information content (AvgIpc) is 3.23. The first kappa shape index (κ1) is 19.6. The summed E-state index contributed by atoms with van der Waals surface area (Å²) in [6.45, 7) is 7.53. The van der Waals surface area contributed by atoms with Gasteiger partial charge in [-0.05, 0) is 32.3 Å². The molecule has 2 aromatic rings. The van der Waals surface area contributed by atoms with Gasteiger partial charge < -0.3 is 18.9 Å². The van der Waals surface area contributed by atoms with Crippen LogP contribution in [-0.4, -0.2) is 63.0 Å². The number of piperidine rings is 1. The number of carbonyl (C=O) groups excluding carboxylic acids is 1. The number of rotatable bonds is 8. The van der Waals surface area contributed by atoms with Crippen LogP contribution >= 0.6 is 0 Å². The Hall–Kier alpha value is -2.19. The maximum Gasteiger partial charge on any atom is 0.244 e. The van der Waals surface area contributed by atoms with Crippen LogP contribution in [0.4, 0.5) is 0 Å². The lowest BCUT2D eigenvalue weighted by molar-refractivity contribution is -0.136. The molecular weight excluding hydrogens is 346 g/mol.